The molecule has 0 saturated carbocycles. The third-order valence-corrected chi connectivity index (χ3v) is 5.00. The van der Waals surface area contributed by atoms with Gasteiger partial charge >= 0.3 is 11.7 Å². The number of fused-ring (bicyclic) bond motifs is 1. The maximum atomic E-state index is 12.6. The molecule has 31 heavy (non-hydrogen) atoms. The topological polar surface area (TPSA) is 120 Å². The van der Waals surface area contributed by atoms with Crippen LogP contribution in [0.4, 0.5) is 0 Å². The first-order valence-electron chi connectivity index (χ1n) is 10.3. The maximum absolute atomic E-state index is 12.6. The van der Waals surface area contributed by atoms with Crippen LogP contribution in [0.15, 0.2) is 34.1 Å². The Morgan fingerprint density at radius 2 is 1.97 bits per heavy atom. The molecule has 0 unspecified atom stereocenters. The molecule has 3 aromatic heterocycles. The lowest BCUT2D eigenvalue weighted by Crippen LogP contribution is -2.39. The number of hydrogen-bond acceptors (Lipinski definition) is 9. The summed E-state index contributed by atoms with van der Waals surface area (Å²) in [5.41, 5.74) is -0.0994. The fourth-order valence-electron chi connectivity index (χ4n) is 3.14. The van der Waals surface area contributed by atoms with Gasteiger partial charge in [-0.15, -0.1) is 5.10 Å². The third-order valence-electron chi connectivity index (χ3n) is 5.00. The lowest BCUT2D eigenvalue weighted by Gasteiger charge is -2.17. The van der Waals surface area contributed by atoms with E-state index in [2.05, 4.69) is 44.2 Å². The maximum Gasteiger partial charge on any atom is 0.336 e. The number of hydrogen-bond donors (Lipinski definition) is 1. The van der Waals surface area contributed by atoms with Crippen molar-refractivity contribution in [1.29, 1.82) is 0 Å². The molecule has 0 aliphatic heterocycles. The Kier molecular flexibility index (Phi) is 7.79. The molecule has 0 saturated heterocycles. The molecule has 0 bridgehead atoms. The molecule has 0 amide bonds. The van der Waals surface area contributed by atoms with Crippen molar-refractivity contribution in [2.75, 3.05) is 39.3 Å². The highest BCUT2D eigenvalue weighted by molar-refractivity contribution is 5.68. The molecule has 3 aromatic rings. The number of nitrogens with zero attached hydrogens (tertiary/aromatic N) is 7. The van der Waals surface area contributed by atoms with Crippen molar-refractivity contribution in [3.05, 3.63) is 50.9 Å². The van der Waals surface area contributed by atoms with Gasteiger partial charge < -0.3 is 15.0 Å². The molecule has 0 spiro atoms. The molecule has 0 atom stereocenters. The summed E-state index contributed by atoms with van der Waals surface area (Å²) in [6.45, 7) is 9.27. The lowest BCUT2D eigenvalue weighted by molar-refractivity contribution is 0.273. The number of pyridine rings is 1. The van der Waals surface area contributed by atoms with Crippen molar-refractivity contribution in [2.45, 2.75) is 20.4 Å². The fraction of sp³-hybridized carbons (Fsp3) is 0.500. The van der Waals surface area contributed by atoms with Crippen molar-refractivity contribution in [3.8, 4) is 6.01 Å². The van der Waals surface area contributed by atoms with Crippen LogP contribution < -0.4 is 21.3 Å². The van der Waals surface area contributed by atoms with E-state index >= 15 is 0 Å². The van der Waals surface area contributed by atoms with Gasteiger partial charge in [-0.05, 0) is 24.7 Å². The monoisotopic (exact) mass is 428 g/mol. The molecular weight excluding hydrogens is 400 g/mol. The van der Waals surface area contributed by atoms with Gasteiger partial charge in [0.25, 0.3) is 5.56 Å². The zero-order valence-electron chi connectivity index (χ0n) is 18.1. The van der Waals surface area contributed by atoms with Crippen LogP contribution in [0.25, 0.3) is 11.2 Å². The Morgan fingerprint density at radius 3 is 2.68 bits per heavy atom. The summed E-state index contributed by atoms with van der Waals surface area (Å²) < 4.78 is 7.91. The molecule has 166 valence electrons. The van der Waals surface area contributed by atoms with Gasteiger partial charge in [-0.1, -0.05) is 25.0 Å². The smallest absolute Gasteiger partial charge is 0.336 e. The lowest BCUT2D eigenvalue weighted by atomic mass is 10.3. The van der Waals surface area contributed by atoms with E-state index < -0.39 is 11.2 Å². The number of aromatic nitrogens is 6. The summed E-state index contributed by atoms with van der Waals surface area (Å²) in [5, 5.41) is 11.3. The predicted molar refractivity (Wildman–Crippen MR) is 116 cm³/mol. The highest BCUT2D eigenvalue weighted by Gasteiger charge is 2.16. The van der Waals surface area contributed by atoms with Crippen LogP contribution in [0, 0.1) is 0 Å². The van der Waals surface area contributed by atoms with Gasteiger partial charge in [0.05, 0.1) is 6.54 Å². The van der Waals surface area contributed by atoms with E-state index in [0.717, 1.165) is 36.3 Å². The van der Waals surface area contributed by atoms with Gasteiger partial charge in [-0.3, -0.25) is 18.9 Å². The first-order chi connectivity index (χ1) is 15.0. The van der Waals surface area contributed by atoms with E-state index in [-0.39, 0.29) is 23.7 Å². The number of rotatable bonds is 11. The molecule has 0 aliphatic carbocycles. The third kappa shape index (κ3) is 5.50. The molecule has 0 aromatic carbocycles. The fourth-order valence-corrected chi connectivity index (χ4v) is 3.14. The summed E-state index contributed by atoms with van der Waals surface area (Å²) in [4.78, 5) is 35.8. The minimum Gasteiger partial charge on any atom is -0.461 e. The molecule has 11 nitrogen and oxygen atoms in total. The van der Waals surface area contributed by atoms with Crippen LogP contribution >= 0.6 is 0 Å². The molecule has 0 fully saturated rings. The number of ether oxygens (including phenoxy) is 1. The molecule has 3 rings (SSSR count). The van der Waals surface area contributed by atoms with E-state index in [1.807, 2.05) is 6.07 Å². The molecule has 0 aliphatic rings. The number of likely N-dealkylation sites (N-methyl/N-ethyl adjacent to an activating group) is 1. The van der Waals surface area contributed by atoms with Crippen LogP contribution in [0.2, 0.25) is 0 Å². The average molecular weight is 428 g/mol. The van der Waals surface area contributed by atoms with Crippen molar-refractivity contribution in [2.24, 2.45) is 7.05 Å². The van der Waals surface area contributed by atoms with Crippen molar-refractivity contribution in [3.63, 3.8) is 0 Å². The standard InChI is InChI=1S/C20H28N8O3/c1-4-27(5-2)11-9-21-10-12-31-19-23-16-17(24-25-19)28(20(30)26(3)18(16)29)14-15-7-6-8-22-13-15/h6-8,13,21H,4-5,9-12,14H2,1-3H3. The number of nitrogens with one attached hydrogen (secondary N) is 1. The highest BCUT2D eigenvalue weighted by atomic mass is 16.5. The van der Waals surface area contributed by atoms with Gasteiger partial charge in [0.15, 0.2) is 11.2 Å². The Bertz CT molecular complexity index is 1110. The zero-order chi connectivity index (χ0) is 22.2. The summed E-state index contributed by atoms with van der Waals surface area (Å²) in [5.74, 6) is 0. The van der Waals surface area contributed by atoms with Crippen LogP contribution in [-0.2, 0) is 13.6 Å². The predicted octanol–water partition coefficient (Wildman–Crippen LogP) is -0.361. The summed E-state index contributed by atoms with van der Waals surface area (Å²) in [6, 6.07) is 3.61. The quantitative estimate of drug-likeness (QED) is 0.408. The van der Waals surface area contributed by atoms with E-state index in [4.69, 9.17) is 4.74 Å². The largest absolute Gasteiger partial charge is 0.461 e. The summed E-state index contributed by atoms with van der Waals surface area (Å²) in [6.07, 6.45) is 3.30. The second kappa shape index (κ2) is 10.7. The average Bonchev–Trinajstić information content (AvgIpc) is 2.80. The first kappa shape index (κ1) is 22.5. The van der Waals surface area contributed by atoms with E-state index in [1.165, 1.54) is 11.6 Å². The van der Waals surface area contributed by atoms with Crippen LogP contribution in [0.1, 0.15) is 19.4 Å². The highest BCUT2D eigenvalue weighted by Crippen LogP contribution is 2.08. The van der Waals surface area contributed by atoms with Crippen LogP contribution in [-0.4, -0.2) is 73.5 Å². The Hall–Kier alpha value is -3.18. The normalized spacial score (nSPS) is 11.4. The zero-order valence-corrected chi connectivity index (χ0v) is 18.1. The van der Waals surface area contributed by atoms with Gasteiger partial charge in [0.1, 0.15) is 6.61 Å². The summed E-state index contributed by atoms with van der Waals surface area (Å²) in [7, 11) is 1.41. The van der Waals surface area contributed by atoms with Gasteiger partial charge in [-0.25, -0.2) is 4.79 Å². The SMILES string of the molecule is CCN(CC)CCNCCOc1nnc2c(n1)c(=O)n(C)c(=O)n2Cc1cccnc1. The molecule has 0 radical (unpaired) electrons. The molecular formula is C20H28N8O3. The van der Waals surface area contributed by atoms with E-state index in [0.29, 0.717) is 13.2 Å². The molecule has 1 N–H and O–H groups in total. The summed E-state index contributed by atoms with van der Waals surface area (Å²) >= 11 is 0. The van der Waals surface area contributed by atoms with Crippen molar-refractivity contribution < 1.29 is 4.74 Å². The van der Waals surface area contributed by atoms with Crippen molar-refractivity contribution >= 4 is 11.2 Å². The minimum atomic E-state index is -0.542. The van der Waals surface area contributed by atoms with Gasteiger partial charge in [-0.2, -0.15) is 4.98 Å². The van der Waals surface area contributed by atoms with Gasteiger partial charge in [0.2, 0.25) is 0 Å². The van der Waals surface area contributed by atoms with E-state index in [1.54, 1.807) is 18.5 Å². The van der Waals surface area contributed by atoms with Crippen molar-refractivity contribution in [1.82, 2.24) is 39.5 Å². The molecule has 11 heteroatoms. The van der Waals surface area contributed by atoms with Crippen LogP contribution in [0.5, 0.6) is 6.01 Å². The Balaban J connectivity index is 1.72. The molecule has 3 heterocycles. The van der Waals surface area contributed by atoms with E-state index in [9.17, 15) is 9.59 Å². The van der Waals surface area contributed by atoms with Crippen LogP contribution in [0.3, 0.4) is 0 Å². The first-order valence-corrected chi connectivity index (χ1v) is 10.3. The Morgan fingerprint density at radius 1 is 1.16 bits per heavy atom. The van der Waals surface area contributed by atoms with Gasteiger partial charge in [0, 0.05) is 39.1 Å². The Labute approximate surface area is 179 Å². The second-order valence-electron chi connectivity index (χ2n) is 6.99. The minimum absolute atomic E-state index is 0.00159. The second-order valence-corrected chi connectivity index (χ2v) is 6.99.